The van der Waals surface area contributed by atoms with Gasteiger partial charge in [-0.1, -0.05) is 18.2 Å². The Labute approximate surface area is 95.9 Å². The van der Waals surface area contributed by atoms with Gasteiger partial charge in [-0.3, -0.25) is 0 Å². The van der Waals surface area contributed by atoms with Gasteiger partial charge in [0.15, 0.2) is 0 Å². The second-order valence-electron chi connectivity index (χ2n) is 4.86. The first-order chi connectivity index (χ1) is 7.62. The van der Waals surface area contributed by atoms with Gasteiger partial charge in [-0.25, -0.2) is 0 Å². The van der Waals surface area contributed by atoms with E-state index in [9.17, 15) is 0 Å². The van der Waals surface area contributed by atoms with E-state index in [2.05, 4.69) is 35.4 Å². The van der Waals surface area contributed by atoms with Gasteiger partial charge in [0.25, 0.3) is 0 Å². The molecule has 0 amide bonds. The number of nitrogens with one attached hydrogen (secondary N) is 1. The zero-order valence-corrected chi connectivity index (χ0v) is 9.75. The first-order valence-electron chi connectivity index (χ1n) is 5.59. The number of rotatable bonds is 3. The van der Waals surface area contributed by atoms with E-state index in [4.69, 9.17) is 5.26 Å². The summed E-state index contributed by atoms with van der Waals surface area (Å²) in [5, 5.41) is 10.3. The van der Waals surface area contributed by atoms with E-state index in [1.54, 1.807) is 0 Å². The first-order valence-corrected chi connectivity index (χ1v) is 5.59. The lowest BCUT2D eigenvalue weighted by Crippen LogP contribution is -2.08. The molecule has 0 radical (unpaired) electrons. The summed E-state index contributed by atoms with van der Waals surface area (Å²) < 4.78 is 0. The van der Waals surface area contributed by atoms with Crippen LogP contribution in [0.25, 0.3) is 10.9 Å². The zero-order valence-electron chi connectivity index (χ0n) is 9.75. The van der Waals surface area contributed by atoms with E-state index < -0.39 is 0 Å². The van der Waals surface area contributed by atoms with E-state index in [0.29, 0.717) is 0 Å². The molecule has 0 aliphatic rings. The molecule has 1 N–H and O–H groups in total. The molecular formula is C14H16N2. The second-order valence-corrected chi connectivity index (χ2v) is 4.86. The maximum Gasteiger partial charge on any atom is 0.0684 e. The van der Waals surface area contributed by atoms with Gasteiger partial charge in [0.05, 0.1) is 11.5 Å². The Bertz CT molecular complexity index is 529. The Morgan fingerprint density at radius 1 is 1.31 bits per heavy atom. The Morgan fingerprint density at radius 3 is 2.81 bits per heavy atom. The summed E-state index contributed by atoms with van der Waals surface area (Å²) >= 11 is 0. The molecule has 2 rings (SSSR count). The fraction of sp³-hybridized carbons (Fsp3) is 0.357. The number of nitriles is 1. The average molecular weight is 212 g/mol. The molecule has 1 aromatic heterocycles. The van der Waals surface area contributed by atoms with E-state index in [1.165, 1.54) is 16.5 Å². The Morgan fingerprint density at radius 2 is 2.06 bits per heavy atom. The van der Waals surface area contributed by atoms with Crippen LogP contribution in [0.4, 0.5) is 0 Å². The quantitative estimate of drug-likeness (QED) is 0.828. The number of nitrogens with zero attached hydrogens (tertiary/aromatic N) is 1. The van der Waals surface area contributed by atoms with Gasteiger partial charge in [0.2, 0.25) is 0 Å². The van der Waals surface area contributed by atoms with E-state index in [0.717, 1.165) is 12.8 Å². The van der Waals surface area contributed by atoms with Crippen LogP contribution < -0.4 is 0 Å². The Kier molecular flexibility index (Phi) is 2.70. The first kappa shape index (κ1) is 10.8. The summed E-state index contributed by atoms with van der Waals surface area (Å²) in [6.07, 6.45) is 3.90. The van der Waals surface area contributed by atoms with Crippen LogP contribution in [0.1, 0.15) is 25.8 Å². The summed E-state index contributed by atoms with van der Waals surface area (Å²) in [4.78, 5) is 3.26. The number of hydrogen-bond acceptors (Lipinski definition) is 1. The normalized spacial score (nSPS) is 11.6. The molecule has 0 aliphatic heterocycles. The van der Waals surface area contributed by atoms with Crippen LogP contribution in [0.3, 0.4) is 0 Å². The number of para-hydroxylation sites is 1. The maximum atomic E-state index is 8.98. The Hall–Kier alpha value is -1.75. The van der Waals surface area contributed by atoms with Crippen LogP contribution in [-0.4, -0.2) is 4.98 Å². The minimum absolute atomic E-state index is 0.238. The van der Waals surface area contributed by atoms with Crippen molar-refractivity contribution in [2.45, 2.75) is 26.7 Å². The van der Waals surface area contributed by atoms with Crippen LogP contribution in [-0.2, 0) is 6.42 Å². The highest BCUT2D eigenvalue weighted by Gasteiger charge is 2.17. The molecule has 16 heavy (non-hydrogen) atoms. The van der Waals surface area contributed by atoms with Gasteiger partial charge in [-0.2, -0.15) is 5.26 Å². The number of benzene rings is 1. The van der Waals surface area contributed by atoms with Crippen LogP contribution >= 0.6 is 0 Å². The number of aromatic nitrogens is 1. The molecule has 1 aromatic carbocycles. The predicted octanol–water partition coefficient (Wildman–Crippen LogP) is 3.65. The average Bonchev–Trinajstić information content (AvgIpc) is 2.70. The maximum absolute atomic E-state index is 8.98. The molecule has 2 heteroatoms. The van der Waals surface area contributed by atoms with Crippen LogP contribution in [0.15, 0.2) is 30.5 Å². The predicted molar refractivity (Wildman–Crippen MR) is 66.0 cm³/mol. The fourth-order valence-corrected chi connectivity index (χ4v) is 1.84. The van der Waals surface area contributed by atoms with Crippen LogP contribution in [0, 0.1) is 16.7 Å². The molecule has 1 heterocycles. The van der Waals surface area contributed by atoms with Crippen molar-refractivity contribution in [1.82, 2.24) is 4.98 Å². The lowest BCUT2D eigenvalue weighted by molar-refractivity contribution is 0.453. The number of hydrogen-bond donors (Lipinski definition) is 1. The standard InChI is InChI=1S/C14H16N2/c1-14(2,10-15)8-7-11-9-16-13-6-4-3-5-12(11)13/h3-6,9,16H,7-8H2,1-2H3. The van der Waals surface area contributed by atoms with Gasteiger partial charge in [-0.15, -0.1) is 0 Å². The minimum Gasteiger partial charge on any atom is -0.361 e. The van der Waals surface area contributed by atoms with Crippen molar-refractivity contribution < 1.29 is 0 Å². The van der Waals surface area contributed by atoms with Crippen molar-refractivity contribution in [1.29, 1.82) is 5.26 Å². The number of aromatic amines is 1. The third-order valence-corrected chi connectivity index (χ3v) is 3.00. The Balaban J connectivity index is 2.20. The van der Waals surface area contributed by atoms with Crippen LogP contribution in [0.2, 0.25) is 0 Å². The summed E-state index contributed by atoms with van der Waals surface area (Å²) in [6.45, 7) is 3.98. The monoisotopic (exact) mass is 212 g/mol. The SMILES string of the molecule is CC(C)(C#N)CCc1c[nH]c2ccccc12. The third kappa shape index (κ3) is 2.09. The number of fused-ring (bicyclic) bond motifs is 1. The molecule has 0 saturated heterocycles. The number of aryl methyl sites for hydroxylation is 1. The number of H-pyrrole nitrogens is 1. The molecule has 0 spiro atoms. The van der Waals surface area contributed by atoms with Crippen molar-refractivity contribution in [3.63, 3.8) is 0 Å². The summed E-state index contributed by atoms with van der Waals surface area (Å²) in [7, 11) is 0. The minimum atomic E-state index is -0.238. The molecule has 2 nitrogen and oxygen atoms in total. The smallest absolute Gasteiger partial charge is 0.0684 e. The van der Waals surface area contributed by atoms with Gasteiger partial charge in [0, 0.05) is 17.1 Å². The molecule has 0 atom stereocenters. The summed E-state index contributed by atoms with van der Waals surface area (Å²) in [6, 6.07) is 10.6. The second kappa shape index (κ2) is 4.02. The molecule has 0 bridgehead atoms. The van der Waals surface area contributed by atoms with Gasteiger partial charge < -0.3 is 4.98 Å². The van der Waals surface area contributed by atoms with Crippen molar-refractivity contribution >= 4 is 10.9 Å². The van der Waals surface area contributed by atoms with E-state index in [-0.39, 0.29) is 5.41 Å². The van der Waals surface area contributed by atoms with Gasteiger partial charge in [-0.05, 0) is 38.3 Å². The van der Waals surface area contributed by atoms with Crippen molar-refractivity contribution in [2.75, 3.05) is 0 Å². The highest BCUT2D eigenvalue weighted by molar-refractivity contribution is 5.82. The largest absolute Gasteiger partial charge is 0.361 e. The van der Waals surface area contributed by atoms with E-state index in [1.807, 2.05) is 19.9 Å². The highest BCUT2D eigenvalue weighted by atomic mass is 14.7. The van der Waals surface area contributed by atoms with Gasteiger partial charge in [0.1, 0.15) is 0 Å². The summed E-state index contributed by atoms with van der Waals surface area (Å²) in [5.41, 5.74) is 2.24. The topological polar surface area (TPSA) is 39.6 Å². The molecule has 0 saturated carbocycles. The molecule has 0 fully saturated rings. The molecule has 0 aliphatic carbocycles. The highest BCUT2D eigenvalue weighted by Crippen LogP contribution is 2.25. The summed E-state index contributed by atoms with van der Waals surface area (Å²) in [5.74, 6) is 0. The van der Waals surface area contributed by atoms with E-state index >= 15 is 0 Å². The fourth-order valence-electron chi connectivity index (χ4n) is 1.84. The van der Waals surface area contributed by atoms with Crippen LogP contribution in [0.5, 0.6) is 0 Å². The lowest BCUT2D eigenvalue weighted by Gasteiger charge is -2.13. The molecule has 82 valence electrons. The van der Waals surface area contributed by atoms with Crippen molar-refractivity contribution in [3.05, 3.63) is 36.0 Å². The molecular weight excluding hydrogens is 196 g/mol. The molecule has 0 unspecified atom stereocenters. The third-order valence-electron chi connectivity index (χ3n) is 3.00. The lowest BCUT2D eigenvalue weighted by atomic mass is 9.88. The van der Waals surface area contributed by atoms with Crippen molar-refractivity contribution in [3.8, 4) is 6.07 Å². The zero-order chi connectivity index (χ0) is 11.6. The van der Waals surface area contributed by atoms with Crippen molar-refractivity contribution in [2.24, 2.45) is 5.41 Å². The van der Waals surface area contributed by atoms with Gasteiger partial charge >= 0.3 is 0 Å². The molecule has 2 aromatic rings.